The van der Waals surface area contributed by atoms with E-state index < -0.39 is 5.79 Å². The van der Waals surface area contributed by atoms with Crippen molar-refractivity contribution in [2.24, 2.45) is 0 Å². The van der Waals surface area contributed by atoms with Crippen molar-refractivity contribution >= 4 is 34.8 Å². The van der Waals surface area contributed by atoms with E-state index in [-0.39, 0.29) is 5.91 Å². The van der Waals surface area contributed by atoms with Crippen LogP contribution in [-0.4, -0.2) is 19.1 Å². The number of rotatable bonds is 0. The maximum absolute atomic E-state index is 11.9. The van der Waals surface area contributed by atoms with Crippen LogP contribution in [-0.2, 0) is 20.1 Å². The Morgan fingerprint density at radius 1 is 1.25 bits per heavy atom. The van der Waals surface area contributed by atoms with Gasteiger partial charge in [-0.2, -0.15) is 0 Å². The molecule has 1 saturated heterocycles. The van der Waals surface area contributed by atoms with Gasteiger partial charge in [0.15, 0.2) is 0 Å². The van der Waals surface area contributed by atoms with Crippen LogP contribution in [0, 0.1) is 0 Å². The van der Waals surface area contributed by atoms with Crippen LogP contribution < -0.4 is 5.32 Å². The van der Waals surface area contributed by atoms with Crippen molar-refractivity contribution in [2.75, 3.05) is 18.5 Å². The summed E-state index contributed by atoms with van der Waals surface area (Å²) >= 11 is 11.9. The highest BCUT2D eigenvalue weighted by molar-refractivity contribution is 6.44. The number of ether oxygens (including phenoxy) is 2. The molecule has 1 aromatic rings. The van der Waals surface area contributed by atoms with Crippen LogP contribution in [0.3, 0.4) is 0 Å². The molecule has 84 valence electrons. The van der Waals surface area contributed by atoms with Crippen molar-refractivity contribution in [1.29, 1.82) is 0 Å². The Balaban J connectivity index is 2.22. The van der Waals surface area contributed by atoms with Crippen molar-refractivity contribution < 1.29 is 14.3 Å². The summed E-state index contributed by atoms with van der Waals surface area (Å²) < 4.78 is 10.8. The highest BCUT2D eigenvalue weighted by atomic mass is 35.5. The molecular weight excluding hydrogens is 253 g/mol. The number of carbonyl (C=O) groups excluding carboxylic acids is 1. The summed E-state index contributed by atoms with van der Waals surface area (Å²) in [4.78, 5) is 11.9. The van der Waals surface area contributed by atoms with Gasteiger partial charge in [0, 0.05) is 5.56 Å². The molecule has 0 radical (unpaired) electrons. The number of hydrogen-bond acceptors (Lipinski definition) is 3. The van der Waals surface area contributed by atoms with Crippen molar-refractivity contribution in [2.45, 2.75) is 5.79 Å². The SMILES string of the molecule is O=C1Nc2c(ccc(Cl)c2Cl)C12OCCO2. The molecule has 1 N–H and O–H groups in total. The average Bonchev–Trinajstić information content (AvgIpc) is 2.84. The van der Waals surface area contributed by atoms with Gasteiger partial charge >= 0.3 is 0 Å². The largest absolute Gasteiger partial charge is 0.336 e. The van der Waals surface area contributed by atoms with E-state index >= 15 is 0 Å². The lowest BCUT2D eigenvalue weighted by Crippen LogP contribution is -2.35. The Labute approximate surface area is 101 Å². The third kappa shape index (κ3) is 1.16. The van der Waals surface area contributed by atoms with E-state index in [2.05, 4.69) is 5.32 Å². The first-order valence-electron chi connectivity index (χ1n) is 4.73. The summed E-state index contributed by atoms with van der Waals surface area (Å²) in [6, 6.07) is 3.31. The molecule has 0 saturated carbocycles. The van der Waals surface area contributed by atoms with Gasteiger partial charge in [0.25, 0.3) is 11.7 Å². The molecule has 0 aliphatic carbocycles. The molecule has 2 heterocycles. The number of halogens is 2. The number of anilines is 1. The molecule has 2 aliphatic rings. The average molecular weight is 260 g/mol. The Kier molecular flexibility index (Phi) is 2.16. The fourth-order valence-electron chi connectivity index (χ4n) is 1.96. The van der Waals surface area contributed by atoms with Crippen LogP contribution in [0.1, 0.15) is 5.56 Å². The van der Waals surface area contributed by atoms with Gasteiger partial charge in [0.2, 0.25) is 0 Å². The van der Waals surface area contributed by atoms with Gasteiger partial charge in [-0.25, -0.2) is 0 Å². The smallest absolute Gasteiger partial charge is 0.289 e. The Morgan fingerprint density at radius 3 is 2.62 bits per heavy atom. The molecule has 1 spiro atoms. The van der Waals surface area contributed by atoms with Gasteiger partial charge in [0.05, 0.1) is 28.9 Å². The van der Waals surface area contributed by atoms with Gasteiger partial charge in [-0.1, -0.05) is 23.2 Å². The first-order valence-corrected chi connectivity index (χ1v) is 5.48. The molecule has 16 heavy (non-hydrogen) atoms. The summed E-state index contributed by atoms with van der Waals surface area (Å²) in [7, 11) is 0. The lowest BCUT2D eigenvalue weighted by molar-refractivity contribution is -0.178. The number of fused-ring (bicyclic) bond motifs is 2. The predicted octanol–water partition coefficient (Wildman–Crippen LogP) is 2.15. The Bertz CT molecular complexity index is 483. The molecule has 1 fully saturated rings. The lowest BCUT2D eigenvalue weighted by atomic mass is 10.1. The first-order chi connectivity index (χ1) is 7.65. The molecule has 1 aromatic carbocycles. The van der Waals surface area contributed by atoms with Gasteiger partial charge in [0.1, 0.15) is 0 Å². The minimum Gasteiger partial charge on any atom is -0.336 e. The van der Waals surface area contributed by atoms with E-state index in [1.807, 2.05) is 0 Å². The van der Waals surface area contributed by atoms with E-state index in [4.69, 9.17) is 32.7 Å². The summed E-state index contributed by atoms with van der Waals surface area (Å²) in [5.41, 5.74) is 1.06. The second-order valence-electron chi connectivity index (χ2n) is 3.55. The maximum atomic E-state index is 11.9. The van der Waals surface area contributed by atoms with Crippen LogP contribution >= 0.6 is 23.2 Å². The zero-order valence-corrected chi connectivity index (χ0v) is 9.56. The van der Waals surface area contributed by atoms with Crippen molar-refractivity contribution in [3.8, 4) is 0 Å². The number of benzene rings is 1. The Morgan fingerprint density at radius 2 is 1.94 bits per heavy atom. The zero-order valence-electron chi connectivity index (χ0n) is 8.05. The number of nitrogens with one attached hydrogen (secondary N) is 1. The van der Waals surface area contributed by atoms with Gasteiger partial charge in [-0.15, -0.1) is 0 Å². The fourth-order valence-corrected chi connectivity index (χ4v) is 2.33. The molecule has 6 heteroatoms. The molecule has 0 atom stereocenters. The summed E-state index contributed by atoms with van der Waals surface area (Å²) in [6.07, 6.45) is 0. The molecule has 4 nitrogen and oxygen atoms in total. The van der Waals surface area contributed by atoms with E-state index in [1.54, 1.807) is 12.1 Å². The lowest BCUT2D eigenvalue weighted by Gasteiger charge is -2.19. The third-order valence-corrected chi connectivity index (χ3v) is 3.49. The highest BCUT2D eigenvalue weighted by Crippen LogP contribution is 2.47. The van der Waals surface area contributed by atoms with Crippen molar-refractivity contribution in [3.63, 3.8) is 0 Å². The molecule has 1 amide bonds. The van der Waals surface area contributed by atoms with Crippen LogP contribution in [0.25, 0.3) is 0 Å². The summed E-state index contributed by atoms with van der Waals surface area (Å²) in [5.74, 6) is -1.69. The summed E-state index contributed by atoms with van der Waals surface area (Å²) in [6.45, 7) is 0.764. The van der Waals surface area contributed by atoms with Gasteiger partial charge in [-0.3, -0.25) is 4.79 Å². The maximum Gasteiger partial charge on any atom is 0.289 e. The quantitative estimate of drug-likeness (QED) is 0.777. The number of carbonyl (C=O) groups is 1. The predicted molar refractivity (Wildman–Crippen MR) is 58.7 cm³/mol. The summed E-state index contributed by atoms with van der Waals surface area (Å²) in [5, 5.41) is 3.33. The minimum atomic E-state index is -1.33. The molecule has 0 bridgehead atoms. The normalized spacial score (nSPS) is 21.2. The molecule has 2 aliphatic heterocycles. The monoisotopic (exact) mass is 259 g/mol. The highest BCUT2D eigenvalue weighted by Gasteiger charge is 2.53. The van der Waals surface area contributed by atoms with E-state index in [0.29, 0.717) is 34.5 Å². The van der Waals surface area contributed by atoms with Crippen molar-refractivity contribution in [3.05, 3.63) is 27.7 Å². The van der Waals surface area contributed by atoms with E-state index in [0.717, 1.165) is 0 Å². The van der Waals surface area contributed by atoms with Crippen molar-refractivity contribution in [1.82, 2.24) is 0 Å². The zero-order chi connectivity index (χ0) is 11.3. The topological polar surface area (TPSA) is 47.6 Å². The fraction of sp³-hybridized carbons (Fsp3) is 0.300. The van der Waals surface area contributed by atoms with E-state index in [9.17, 15) is 4.79 Å². The number of hydrogen-bond donors (Lipinski definition) is 1. The molecule has 3 rings (SSSR count). The molecule has 0 unspecified atom stereocenters. The second kappa shape index (κ2) is 3.34. The Hall–Kier alpha value is -0.810. The standard InChI is InChI=1S/C10H7Cl2NO3/c11-6-2-1-5-8(7(6)12)13-9(14)10(5)15-3-4-16-10/h1-2H,3-4H2,(H,13,14). The first kappa shape index (κ1) is 10.4. The van der Waals surface area contributed by atoms with Crippen LogP contribution in [0.4, 0.5) is 5.69 Å². The van der Waals surface area contributed by atoms with E-state index in [1.165, 1.54) is 0 Å². The van der Waals surface area contributed by atoms with Crippen LogP contribution in [0.2, 0.25) is 10.0 Å². The molecule has 0 aromatic heterocycles. The second-order valence-corrected chi connectivity index (χ2v) is 4.34. The third-order valence-electron chi connectivity index (χ3n) is 2.68. The number of amides is 1. The van der Waals surface area contributed by atoms with Crippen LogP contribution in [0.15, 0.2) is 12.1 Å². The molecular formula is C10H7Cl2NO3. The minimum absolute atomic E-state index is 0.309. The van der Waals surface area contributed by atoms with Crippen LogP contribution in [0.5, 0.6) is 0 Å². The van der Waals surface area contributed by atoms with Gasteiger partial charge < -0.3 is 14.8 Å². The van der Waals surface area contributed by atoms with Gasteiger partial charge in [-0.05, 0) is 12.1 Å².